The number of methoxy groups -OCH3 is 1. The van der Waals surface area contributed by atoms with Crippen molar-refractivity contribution in [2.75, 3.05) is 7.11 Å². The Hall–Kier alpha value is -2.97. The molecule has 0 radical (unpaired) electrons. The smallest absolute Gasteiger partial charge is 0.337 e. The molecule has 9 nitrogen and oxygen atoms in total. The molecule has 0 aromatic heterocycles. The Kier molecular flexibility index (Phi) is 8.13. The Morgan fingerprint density at radius 1 is 1.26 bits per heavy atom. The Bertz CT molecular complexity index is 795. The van der Waals surface area contributed by atoms with Gasteiger partial charge in [0.05, 0.1) is 24.5 Å². The van der Waals surface area contributed by atoms with Crippen molar-refractivity contribution in [3.63, 3.8) is 0 Å². The third-order valence-corrected chi connectivity index (χ3v) is 5.35. The predicted octanol–water partition coefficient (Wildman–Crippen LogP) is 1.68. The van der Waals surface area contributed by atoms with Gasteiger partial charge in [0.15, 0.2) is 12.2 Å². The largest absolute Gasteiger partial charge is 0.466 e. The quantitative estimate of drug-likeness (QED) is 0.274. The minimum absolute atomic E-state index is 0.0122. The molecule has 0 aromatic rings. The number of carbonyl (C=O) groups is 5. The zero-order valence-electron chi connectivity index (χ0n) is 18.1. The van der Waals surface area contributed by atoms with Gasteiger partial charge < -0.3 is 23.7 Å². The summed E-state index contributed by atoms with van der Waals surface area (Å²) < 4.78 is 21.4. The van der Waals surface area contributed by atoms with E-state index >= 15 is 0 Å². The summed E-state index contributed by atoms with van der Waals surface area (Å²) in [7, 11) is 1.17. The number of hydrogen-bond acceptors (Lipinski definition) is 9. The van der Waals surface area contributed by atoms with Crippen LogP contribution in [0.2, 0.25) is 0 Å². The van der Waals surface area contributed by atoms with Crippen molar-refractivity contribution >= 4 is 30.2 Å². The fourth-order valence-electron chi connectivity index (χ4n) is 3.76. The summed E-state index contributed by atoms with van der Waals surface area (Å²) in [6.07, 6.45) is -0.343. The van der Waals surface area contributed by atoms with E-state index in [0.717, 1.165) is 13.2 Å². The Labute approximate surface area is 180 Å². The molecule has 0 spiro atoms. The number of rotatable bonds is 5. The van der Waals surface area contributed by atoms with E-state index in [0.29, 0.717) is 12.8 Å². The molecule has 2 rings (SSSR count). The highest BCUT2D eigenvalue weighted by Gasteiger charge is 2.51. The van der Waals surface area contributed by atoms with E-state index in [1.54, 1.807) is 13.8 Å². The van der Waals surface area contributed by atoms with Gasteiger partial charge >= 0.3 is 23.9 Å². The summed E-state index contributed by atoms with van der Waals surface area (Å²) >= 11 is 0. The lowest BCUT2D eigenvalue weighted by atomic mass is 9.80. The second-order valence-electron chi connectivity index (χ2n) is 7.94. The van der Waals surface area contributed by atoms with Gasteiger partial charge in [0.2, 0.25) is 0 Å². The van der Waals surface area contributed by atoms with Gasteiger partial charge in [0.25, 0.3) is 0 Å². The van der Waals surface area contributed by atoms with Crippen molar-refractivity contribution in [2.24, 2.45) is 17.8 Å². The fourth-order valence-corrected chi connectivity index (χ4v) is 3.76. The van der Waals surface area contributed by atoms with E-state index < -0.39 is 59.9 Å². The molecule has 5 atom stereocenters. The van der Waals surface area contributed by atoms with Gasteiger partial charge in [-0.1, -0.05) is 26.5 Å². The van der Waals surface area contributed by atoms with Crippen LogP contribution in [0.5, 0.6) is 0 Å². The molecule has 1 fully saturated rings. The molecule has 0 saturated carbocycles. The molecule has 31 heavy (non-hydrogen) atoms. The van der Waals surface area contributed by atoms with Gasteiger partial charge in [-0.05, 0) is 19.3 Å². The first-order valence-electron chi connectivity index (χ1n) is 10.1. The van der Waals surface area contributed by atoms with Crippen molar-refractivity contribution in [2.45, 2.75) is 58.3 Å². The van der Waals surface area contributed by atoms with Gasteiger partial charge in [-0.25, -0.2) is 9.59 Å². The maximum atomic E-state index is 12.6. The van der Waals surface area contributed by atoms with Crippen molar-refractivity contribution < 1.29 is 42.9 Å². The monoisotopic (exact) mass is 436 g/mol. The zero-order chi connectivity index (χ0) is 23.3. The number of fused-ring (bicyclic) bond motifs is 1. The van der Waals surface area contributed by atoms with E-state index in [1.807, 2.05) is 0 Å². The zero-order valence-corrected chi connectivity index (χ0v) is 18.1. The Morgan fingerprint density at radius 2 is 1.94 bits per heavy atom. The second-order valence-corrected chi connectivity index (χ2v) is 7.94. The Balaban J connectivity index is 2.68. The first-order chi connectivity index (χ1) is 14.6. The molecule has 0 unspecified atom stereocenters. The highest BCUT2D eigenvalue weighted by Crippen LogP contribution is 2.39. The topological polar surface area (TPSA) is 122 Å². The van der Waals surface area contributed by atoms with Crippen LogP contribution in [0.4, 0.5) is 0 Å². The van der Waals surface area contributed by atoms with Crippen LogP contribution < -0.4 is 0 Å². The summed E-state index contributed by atoms with van der Waals surface area (Å²) in [5.74, 6) is -4.75. The molecular weight excluding hydrogens is 408 g/mol. The average Bonchev–Trinajstić information content (AvgIpc) is 2.99. The summed E-state index contributed by atoms with van der Waals surface area (Å²) in [6.45, 7) is 8.16. The molecule has 0 N–H and O–H groups in total. The van der Waals surface area contributed by atoms with Crippen molar-refractivity contribution in [1.82, 2.24) is 0 Å². The third kappa shape index (κ3) is 5.59. The number of esters is 4. The van der Waals surface area contributed by atoms with Gasteiger partial charge in [0, 0.05) is 18.4 Å². The third-order valence-electron chi connectivity index (χ3n) is 5.35. The van der Waals surface area contributed by atoms with E-state index in [4.69, 9.17) is 18.9 Å². The molecule has 1 saturated heterocycles. The van der Waals surface area contributed by atoms with Crippen LogP contribution in [-0.4, -0.2) is 55.6 Å². The van der Waals surface area contributed by atoms with Crippen molar-refractivity contribution in [3.05, 3.63) is 23.8 Å². The van der Waals surface area contributed by atoms with Crippen LogP contribution in [0.1, 0.15) is 40.0 Å². The summed E-state index contributed by atoms with van der Waals surface area (Å²) in [5.41, 5.74) is -0.0325. The van der Waals surface area contributed by atoms with E-state index in [1.165, 1.54) is 13.2 Å². The van der Waals surface area contributed by atoms with Gasteiger partial charge in [-0.15, -0.1) is 0 Å². The molecular formula is C22H28O9. The molecule has 2 aliphatic rings. The van der Waals surface area contributed by atoms with Crippen LogP contribution in [0.3, 0.4) is 0 Å². The second kappa shape index (κ2) is 10.4. The SMILES string of the molecule is C=C1C(=O)O[C@@H]2C[C@H](C=O)CC/C=C(/C(=O)OC)[C@@H](OC(C)=O)[C@@H](OC(=O)C(C)C)[C@@H]12. The molecule has 9 heteroatoms. The van der Waals surface area contributed by atoms with Crippen LogP contribution in [0.15, 0.2) is 23.8 Å². The van der Waals surface area contributed by atoms with Crippen molar-refractivity contribution in [3.8, 4) is 0 Å². The lowest BCUT2D eigenvalue weighted by Crippen LogP contribution is -2.47. The van der Waals surface area contributed by atoms with Crippen LogP contribution >= 0.6 is 0 Å². The maximum Gasteiger partial charge on any atom is 0.337 e. The normalized spacial score (nSPS) is 30.4. The summed E-state index contributed by atoms with van der Waals surface area (Å²) in [6, 6.07) is 0. The van der Waals surface area contributed by atoms with E-state index in [9.17, 15) is 24.0 Å². The van der Waals surface area contributed by atoms with Gasteiger partial charge in [0.1, 0.15) is 12.4 Å². The lowest BCUT2D eigenvalue weighted by Gasteiger charge is -2.34. The lowest BCUT2D eigenvalue weighted by molar-refractivity contribution is -0.173. The van der Waals surface area contributed by atoms with E-state index in [-0.39, 0.29) is 17.6 Å². The molecule has 1 heterocycles. The molecule has 0 amide bonds. The first kappa shape index (κ1) is 24.3. The molecule has 1 aliphatic carbocycles. The van der Waals surface area contributed by atoms with Crippen LogP contribution in [-0.2, 0) is 42.9 Å². The van der Waals surface area contributed by atoms with Crippen LogP contribution in [0, 0.1) is 17.8 Å². The number of hydrogen-bond donors (Lipinski definition) is 0. The fraction of sp³-hybridized carbons (Fsp3) is 0.591. The predicted molar refractivity (Wildman–Crippen MR) is 106 cm³/mol. The number of allylic oxidation sites excluding steroid dienone is 1. The van der Waals surface area contributed by atoms with Gasteiger partial charge in [-0.2, -0.15) is 0 Å². The van der Waals surface area contributed by atoms with Crippen molar-refractivity contribution in [1.29, 1.82) is 0 Å². The standard InChI is InChI=1S/C22H28O9/c1-11(2)20(25)31-19-17-12(3)21(26)30-16(17)9-14(10-23)7-6-8-15(22(27)28-5)18(19)29-13(4)24/h8,10-11,14,16-19H,3,6-7,9H2,1-2,4-5H3/b15-8+/t14-,16-,17+,18-,19+/m1/s1. The maximum absolute atomic E-state index is 12.6. The summed E-state index contributed by atoms with van der Waals surface area (Å²) in [4.78, 5) is 60.9. The molecule has 0 bridgehead atoms. The van der Waals surface area contributed by atoms with Gasteiger partial charge in [-0.3, -0.25) is 9.59 Å². The Morgan fingerprint density at radius 3 is 2.48 bits per heavy atom. The highest BCUT2D eigenvalue weighted by atomic mass is 16.6. The highest BCUT2D eigenvalue weighted by molar-refractivity contribution is 5.92. The molecule has 170 valence electrons. The number of ether oxygens (including phenoxy) is 4. The first-order valence-corrected chi connectivity index (χ1v) is 10.1. The number of aldehydes is 1. The van der Waals surface area contributed by atoms with E-state index in [2.05, 4.69) is 6.58 Å². The minimum atomic E-state index is -1.35. The number of carbonyl (C=O) groups excluding carboxylic acids is 5. The molecule has 0 aromatic carbocycles. The summed E-state index contributed by atoms with van der Waals surface area (Å²) in [5, 5.41) is 0. The average molecular weight is 436 g/mol. The minimum Gasteiger partial charge on any atom is -0.466 e. The molecule has 1 aliphatic heterocycles. The van der Waals surface area contributed by atoms with Crippen LogP contribution in [0.25, 0.3) is 0 Å².